The Balaban J connectivity index is 2.19. The summed E-state index contributed by atoms with van der Waals surface area (Å²) in [5, 5.41) is 0. The molecule has 1 heterocycles. The van der Waals surface area contributed by atoms with E-state index in [9.17, 15) is 4.79 Å². The topological polar surface area (TPSA) is 29.5 Å². The lowest BCUT2D eigenvalue weighted by Gasteiger charge is -2.23. The lowest BCUT2D eigenvalue weighted by Crippen LogP contribution is -2.27. The summed E-state index contributed by atoms with van der Waals surface area (Å²) in [6.45, 7) is 2.52. The van der Waals surface area contributed by atoms with Gasteiger partial charge < -0.3 is 9.64 Å². The zero-order valence-electron chi connectivity index (χ0n) is 9.77. The number of rotatable bonds is 2. The predicted octanol–water partition coefficient (Wildman–Crippen LogP) is 2.38. The van der Waals surface area contributed by atoms with E-state index < -0.39 is 0 Å². The summed E-state index contributed by atoms with van der Waals surface area (Å²) in [6, 6.07) is 8.25. The number of methoxy groups -OCH3 is 1. The van der Waals surface area contributed by atoms with Crippen LogP contribution in [-0.2, 0) is 4.79 Å². The number of nitrogens with zero attached hydrogens (tertiary/aromatic N) is 1. The predicted molar refractivity (Wildman–Crippen MR) is 62.4 cm³/mol. The summed E-state index contributed by atoms with van der Waals surface area (Å²) in [4.78, 5) is 13.4. The monoisotopic (exact) mass is 219 g/mol. The summed E-state index contributed by atoms with van der Waals surface area (Å²) in [5.41, 5.74) is 1.20. The second-order valence-corrected chi connectivity index (χ2v) is 4.14. The van der Waals surface area contributed by atoms with Crippen molar-refractivity contribution in [2.75, 3.05) is 13.7 Å². The summed E-state index contributed by atoms with van der Waals surface area (Å²) in [5.74, 6) is 1.02. The van der Waals surface area contributed by atoms with Crippen LogP contribution in [0.1, 0.15) is 31.4 Å². The van der Waals surface area contributed by atoms with E-state index >= 15 is 0 Å². The zero-order chi connectivity index (χ0) is 11.5. The van der Waals surface area contributed by atoms with Crippen LogP contribution in [-0.4, -0.2) is 24.5 Å². The van der Waals surface area contributed by atoms with Crippen molar-refractivity contribution in [3.05, 3.63) is 29.8 Å². The standard InChI is InChI=1S/C13H17NO2/c1-10(15)14-9-3-4-13(14)11-5-7-12(16-2)8-6-11/h5-8,13H,3-4,9H2,1-2H3. The van der Waals surface area contributed by atoms with Gasteiger partial charge in [-0.2, -0.15) is 0 Å². The van der Waals surface area contributed by atoms with Crippen molar-refractivity contribution < 1.29 is 9.53 Å². The molecule has 0 N–H and O–H groups in total. The minimum atomic E-state index is 0.165. The molecule has 16 heavy (non-hydrogen) atoms. The van der Waals surface area contributed by atoms with Crippen LogP contribution >= 0.6 is 0 Å². The second-order valence-electron chi connectivity index (χ2n) is 4.14. The Hall–Kier alpha value is -1.51. The van der Waals surface area contributed by atoms with Crippen molar-refractivity contribution in [2.45, 2.75) is 25.8 Å². The van der Waals surface area contributed by atoms with Gasteiger partial charge in [0.25, 0.3) is 0 Å². The minimum Gasteiger partial charge on any atom is -0.497 e. The molecule has 3 heteroatoms. The maximum absolute atomic E-state index is 11.5. The summed E-state index contributed by atoms with van der Waals surface area (Å²) < 4.78 is 5.13. The Morgan fingerprint density at radius 3 is 2.62 bits per heavy atom. The SMILES string of the molecule is COc1ccc(C2CCCN2C(C)=O)cc1. The van der Waals surface area contributed by atoms with Crippen LogP contribution in [0.15, 0.2) is 24.3 Å². The highest BCUT2D eigenvalue weighted by atomic mass is 16.5. The first-order chi connectivity index (χ1) is 7.72. The van der Waals surface area contributed by atoms with Crippen LogP contribution in [0.3, 0.4) is 0 Å². The van der Waals surface area contributed by atoms with E-state index in [4.69, 9.17) is 4.74 Å². The van der Waals surface area contributed by atoms with Gasteiger partial charge in [-0.05, 0) is 30.5 Å². The average molecular weight is 219 g/mol. The minimum absolute atomic E-state index is 0.165. The number of amides is 1. The average Bonchev–Trinajstić information content (AvgIpc) is 2.78. The molecular formula is C13H17NO2. The Kier molecular flexibility index (Phi) is 3.13. The van der Waals surface area contributed by atoms with E-state index in [1.807, 2.05) is 29.2 Å². The number of hydrogen-bond donors (Lipinski definition) is 0. The molecule has 1 aromatic carbocycles. The molecule has 0 spiro atoms. The molecule has 86 valence electrons. The van der Waals surface area contributed by atoms with Crippen LogP contribution < -0.4 is 4.74 Å². The van der Waals surface area contributed by atoms with E-state index in [1.54, 1.807) is 14.0 Å². The molecule has 1 fully saturated rings. The highest BCUT2D eigenvalue weighted by Crippen LogP contribution is 2.32. The Morgan fingerprint density at radius 1 is 1.38 bits per heavy atom. The van der Waals surface area contributed by atoms with E-state index in [-0.39, 0.29) is 11.9 Å². The Morgan fingerprint density at radius 2 is 2.06 bits per heavy atom. The van der Waals surface area contributed by atoms with Crippen LogP contribution in [0.25, 0.3) is 0 Å². The largest absolute Gasteiger partial charge is 0.497 e. The molecule has 1 saturated heterocycles. The first-order valence-corrected chi connectivity index (χ1v) is 5.63. The van der Waals surface area contributed by atoms with Crippen LogP contribution in [0.2, 0.25) is 0 Å². The smallest absolute Gasteiger partial charge is 0.219 e. The van der Waals surface area contributed by atoms with Gasteiger partial charge in [0.05, 0.1) is 13.2 Å². The van der Waals surface area contributed by atoms with Crippen molar-refractivity contribution in [3.8, 4) is 5.75 Å². The van der Waals surface area contributed by atoms with E-state index in [0.717, 1.165) is 25.1 Å². The molecule has 1 atom stereocenters. The maximum Gasteiger partial charge on any atom is 0.219 e. The first kappa shape index (κ1) is 11.0. The second kappa shape index (κ2) is 4.56. The zero-order valence-corrected chi connectivity index (χ0v) is 9.77. The normalized spacial score (nSPS) is 19.9. The molecule has 0 aromatic heterocycles. The van der Waals surface area contributed by atoms with Crippen molar-refractivity contribution in [2.24, 2.45) is 0 Å². The molecule has 0 saturated carbocycles. The Labute approximate surface area is 96.0 Å². The van der Waals surface area contributed by atoms with Crippen molar-refractivity contribution in [3.63, 3.8) is 0 Å². The lowest BCUT2D eigenvalue weighted by molar-refractivity contribution is -0.129. The number of likely N-dealkylation sites (tertiary alicyclic amines) is 1. The first-order valence-electron chi connectivity index (χ1n) is 5.63. The van der Waals surface area contributed by atoms with Gasteiger partial charge in [-0.1, -0.05) is 12.1 Å². The van der Waals surface area contributed by atoms with Crippen molar-refractivity contribution >= 4 is 5.91 Å². The van der Waals surface area contributed by atoms with Crippen LogP contribution in [0.4, 0.5) is 0 Å². The molecule has 0 bridgehead atoms. The van der Waals surface area contributed by atoms with Crippen molar-refractivity contribution in [1.82, 2.24) is 4.90 Å². The molecule has 0 radical (unpaired) electrons. The van der Waals surface area contributed by atoms with Gasteiger partial charge in [-0.25, -0.2) is 0 Å². The molecule has 1 aliphatic rings. The van der Waals surface area contributed by atoms with Gasteiger partial charge in [0.2, 0.25) is 5.91 Å². The number of hydrogen-bond acceptors (Lipinski definition) is 2. The maximum atomic E-state index is 11.5. The van der Waals surface area contributed by atoms with Gasteiger partial charge in [0, 0.05) is 13.5 Å². The van der Waals surface area contributed by atoms with Gasteiger partial charge in [-0.15, -0.1) is 0 Å². The third-order valence-electron chi connectivity index (χ3n) is 3.16. The molecule has 1 unspecified atom stereocenters. The van der Waals surface area contributed by atoms with E-state index in [2.05, 4.69) is 0 Å². The summed E-state index contributed by atoms with van der Waals surface area (Å²) >= 11 is 0. The molecule has 1 amide bonds. The fraction of sp³-hybridized carbons (Fsp3) is 0.462. The highest BCUT2D eigenvalue weighted by molar-refractivity contribution is 5.74. The Bertz CT molecular complexity index is 372. The molecule has 0 aliphatic carbocycles. The number of benzene rings is 1. The van der Waals surface area contributed by atoms with E-state index in [1.165, 1.54) is 5.56 Å². The van der Waals surface area contributed by atoms with E-state index in [0.29, 0.717) is 0 Å². The van der Waals surface area contributed by atoms with Gasteiger partial charge in [-0.3, -0.25) is 4.79 Å². The summed E-state index contributed by atoms with van der Waals surface area (Å²) in [7, 11) is 1.66. The molecule has 1 aliphatic heterocycles. The molecular weight excluding hydrogens is 202 g/mol. The third kappa shape index (κ3) is 2.03. The molecule has 1 aromatic rings. The highest BCUT2D eigenvalue weighted by Gasteiger charge is 2.27. The molecule has 3 nitrogen and oxygen atoms in total. The lowest BCUT2D eigenvalue weighted by atomic mass is 10.0. The van der Waals surface area contributed by atoms with Gasteiger partial charge in [0.15, 0.2) is 0 Å². The number of carbonyl (C=O) groups excluding carboxylic acids is 1. The quantitative estimate of drug-likeness (QED) is 0.764. The van der Waals surface area contributed by atoms with Crippen molar-refractivity contribution in [1.29, 1.82) is 0 Å². The number of carbonyl (C=O) groups is 1. The number of ether oxygens (including phenoxy) is 1. The van der Waals surface area contributed by atoms with Gasteiger partial charge >= 0.3 is 0 Å². The van der Waals surface area contributed by atoms with Crippen LogP contribution in [0, 0.1) is 0 Å². The van der Waals surface area contributed by atoms with Gasteiger partial charge in [0.1, 0.15) is 5.75 Å². The van der Waals surface area contributed by atoms with Crippen LogP contribution in [0.5, 0.6) is 5.75 Å². The third-order valence-corrected chi connectivity index (χ3v) is 3.16. The summed E-state index contributed by atoms with van der Waals surface area (Å²) in [6.07, 6.45) is 2.15. The molecule has 2 rings (SSSR count). The fourth-order valence-electron chi connectivity index (χ4n) is 2.32. The fourth-order valence-corrected chi connectivity index (χ4v) is 2.32.